The lowest BCUT2D eigenvalue weighted by atomic mass is 10.2. The van der Waals surface area contributed by atoms with E-state index < -0.39 is 15.8 Å². The van der Waals surface area contributed by atoms with Gasteiger partial charge in [0.15, 0.2) is 0 Å². The van der Waals surface area contributed by atoms with E-state index in [0.717, 1.165) is 0 Å². The highest BCUT2D eigenvalue weighted by Crippen LogP contribution is 2.39. The minimum atomic E-state index is -0.806. The minimum Gasteiger partial charge on any atom is -0.309 e. The molecule has 0 amide bonds. The maximum atomic E-state index is 2.51. The highest BCUT2D eigenvalue weighted by Gasteiger charge is 2.23. The smallest absolute Gasteiger partial charge is 0.0541 e. The third kappa shape index (κ3) is 5.30. The van der Waals surface area contributed by atoms with Crippen molar-refractivity contribution in [2.45, 2.75) is 0 Å². The largest absolute Gasteiger partial charge is 0.309 e. The predicted octanol–water partition coefficient (Wildman–Crippen LogP) is 8.30. The van der Waals surface area contributed by atoms with E-state index in [0.29, 0.717) is 0 Å². The molecule has 0 aliphatic carbocycles. The molecule has 0 saturated heterocycles. The SMILES string of the molecule is c1ccc(P(c2ccccc2)c2cc(-n3c4ccccc4c4ccccc43)cc(P(c3ccccc3)c3ccccc3)c2)cc1. The van der Waals surface area contributed by atoms with Crippen LogP contribution in [0.4, 0.5) is 0 Å². The van der Waals surface area contributed by atoms with Crippen LogP contribution in [0.5, 0.6) is 0 Å². The lowest BCUT2D eigenvalue weighted by molar-refractivity contribution is 1.19. The molecule has 0 spiro atoms. The molecule has 1 aromatic heterocycles. The minimum absolute atomic E-state index is 0.806. The highest BCUT2D eigenvalue weighted by molar-refractivity contribution is 7.81. The number of rotatable bonds is 7. The predicted molar refractivity (Wildman–Crippen MR) is 198 cm³/mol. The number of benzene rings is 7. The molecule has 0 saturated carbocycles. The van der Waals surface area contributed by atoms with Gasteiger partial charge in [-0.1, -0.05) is 158 Å². The van der Waals surface area contributed by atoms with Gasteiger partial charge >= 0.3 is 0 Å². The number of hydrogen-bond acceptors (Lipinski definition) is 0. The van der Waals surface area contributed by atoms with E-state index in [4.69, 9.17) is 0 Å². The van der Waals surface area contributed by atoms with Gasteiger partial charge in [0.05, 0.1) is 11.0 Å². The van der Waals surface area contributed by atoms with E-state index >= 15 is 0 Å². The molecule has 214 valence electrons. The Hall–Kier alpha value is -4.80. The molecule has 7 aromatic carbocycles. The Kier molecular flexibility index (Phi) is 7.58. The van der Waals surface area contributed by atoms with Gasteiger partial charge in [0.2, 0.25) is 0 Å². The van der Waals surface area contributed by atoms with Crippen LogP contribution in [-0.4, -0.2) is 4.57 Å². The summed E-state index contributed by atoms with van der Waals surface area (Å²) in [7, 11) is -1.61. The van der Waals surface area contributed by atoms with Crippen LogP contribution in [0.3, 0.4) is 0 Å². The average molecular weight is 612 g/mol. The third-order valence-corrected chi connectivity index (χ3v) is 13.1. The fourth-order valence-electron chi connectivity index (χ4n) is 6.37. The average Bonchev–Trinajstić information content (AvgIpc) is 3.45. The van der Waals surface area contributed by atoms with E-state index in [2.05, 4.69) is 193 Å². The van der Waals surface area contributed by atoms with Crippen LogP contribution in [0.25, 0.3) is 27.5 Å². The van der Waals surface area contributed by atoms with Crippen molar-refractivity contribution in [2.24, 2.45) is 0 Å². The van der Waals surface area contributed by atoms with Gasteiger partial charge in [-0.2, -0.15) is 0 Å². The van der Waals surface area contributed by atoms with Gasteiger partial charge in [0, 0.05) is 16.5 Å². The number of fused-ring (bicyclic) bond motifs is 3. The maximum Gasteiger partial charge on any atom is 0.0541 e. The summed E-state index contributed by atoms with van der Waals surface area (Å²) in [6.07, 6.45) is 0. The standard InChI is InChI=1S/C42H31NP2/c1-5-17-33(18-6-1)44(34-19-7-2-8-20-34)37-29-32(43-41-27-15-13-25-39(41)40-26-14-16-28-42(40)43)30-38(31-37)45(35-21-9-3-10-22-35)36-23-11-4-12-24-36/h1-31H. The van der Waals surface area contributed by atoms with Crippen molar-refractivity contribution in [3.8, 4) is 5.69 Å². The first-order valence-electron chi connectivity index (χ1n) is 15.3. The van der Waals surface area contributed by atoms with Crippen molar-refractivity contribution >= 4 is 69.5 Å². The zero-order valence-corrected chi connectivity index (χ0v) is 26.5. The lowest BCUT2D eigenvalue weighted by Crippen LogP contribution is -2.27. The Bertz CT molecular complexity index is 1980. The van der Waals surface area contributed by atoms with Crippen LogP contribution in [0, 0.1) is 0 Å². The zero-order chi connectivity index (χ0) is 30.0. The van der Waals surface area contributed by atoms with E-state index in [1.807, 2.05) is 0 Å². The second-order valence-electron chi connectivity index (χ2n) is 11.1. The molecule has 0 radical (unpaired) electrons. The van der Waals surface area contributed by atoms with Crippen molar-refractivity contribution < 1.29 is 0 Å². The van der Waals surface area contributed by atoms with Crippen molar-refractivity contribution in [1.29, 1.82) is 0 Å². The van der Waals surface area contributed by atoms with Crippen molar-refractivity contribution in [3.05, 3.63) is 188 Å². The molecule has 0 fully saturated rings. The van der Waals surface area contributed by atoms with Gasteiger partial charge in [0.25, 0.3) is 0 Å². The summed E-state index contributed by atoms with van der Waals surface area (Å²) in [5.74, 6) is 0. The zero-order valence-electron chi connectivity index (χ0n) is 24.7. The van der Waals surface area contributed by atoms with Crippen LogP contribution in [0.2, 0.25) is 0 Å². The summed E-state index contributed by atoms with van der Waals surface area (Å²) in [5.41, 5.74) is 3.67. The first-order valence-corrected chi connectivity index (χ1v) is 18.0. The summed E-state index contributed by atoms with van der Waals surface area (Å²) in [6, 6.07) is 69.3. The van der Waals surface area contributed by atoms with Crippen LogP contribution in [0.15, 0.2) is 188 Å². The Labute approximate surface area is 266 Å². The summed E-state index contributed by atoms with van der Waals surface area (Å²) in [4.78, 5) is 0. The fourth-order valence-corrected chi connectivity index (χ4v) is 11.2. The summed E-state index contributed by atoms with van der Waals surface area (Å²) in [6.45, 7) is 0. The molecule has 1 nitrogen and oxygen atoms in total. The van der Waals surface area contributed by atoms with Crippen molar-refractivity contribution in [3.63, 3.8) is 0 Å². The topological polar surface area (TPSA) is 4.93 Å². The molecule has 0 atom stereocenters. The fraction of sp³-hybridized carbons (Fsp3) is 0. The van der Waals surface area contributed by atoms with Crippen LogP contribution >= 0.6 is 15.8 Å². The van der Waals surface area contributed by atoms with E-state index in [1.165, 1.54) is 59.3 Å². The van der Waals surface area contributed by atoms with Gasteiger partial charge in [-0.15, -0.1) is 0 Å². The molecule has 1 heterocycles. The summed E-state index contributed by atoms with van der Waals surface area (Å²) in [5, 5.41) is 10.7. The number of aromatic nitrogens is 1. The van der Waals surface area contributed by atoms with Gasteiger partial charge < -0.3 is 4.57 Å². The van der Waals surface area contributed by atoms with Crippen molar-refractivity contribution in [1.82, 2.24) is 4.57 Å². The second-order valence-corrected chi connectivity index (χ2v) is 15.5. The van der Waals surface area contributed by atoms with E-state index in [-0.39, 0.29) is 0 Å². The molecule has 0 unspecified atom stereocenters. The number of nitrogens with zero attached hydrogens (tertiary/aromatic N) is 1. The lowest BCUT2D eigenvalue weighted by Gasteiger charge is -2.25. The molecule has 8 aromatic rings. The molecule has 0 aliphatic heterocycles. The molecule has 3 heteroatoms. The molecular formula is C42H31NP2. The van der Waals surface area contributed by atoms with Gasteiger partial charge in [-0.3, -0.25) is 0 Å². The second kappa shape index (κ2) is 12.3. The van der Waals surface area contributed by atoms with Gasteiger partial charge in [-0.25, -0.2) is 0 Å². The molecular weight excluding hydrogens is 580 g/mol. The maximum absolute atomic E-state index is 2.51. The van der Waals surface area contributed by atoms with Crippen LogP contribution in [0.1, 0.15) is 0 Å². The van der Waals surface area contributed by atoms with Crippen LogP contribution < -0.4 is 31.8 Å². The van der Waals surface area contributed by atoms with E-state index in [9.17, 15) is 0 Å². The number of hydrogen-bond donors (Lipinski definition) is 0. The van der Waals surface area contributed by atoms with Gasteiger partial charge in [0.1, 0.15) is 0 Å². The molecule has 0 N–H and O–H groups in total. The first kappa shape index (κ1) is 27.7. The molecule has 8 rings (SSSR count). The summed E-state index contributed by atoms with van der Waals surface area (Å²) < 4.78 is 2.48. The Morgan fingerprint density at radius 2 is 0.600 bits per heavy atom. The highest BCUT2D eigenvalue weighted by atomic mass is 31.1. The molecule has 0 aliphatic rings. The number of para-hydroxylation sites is 2. The normalized spacial score (nSPS) is 11.5. The Balaban J connectivity index is 1.46. The summed E-state index contributed by atoms with van der Waals surface area (Å²) >= 11 is 0. The third-order valence-electron chi connectivity index (χ3n) is 8.30. The molecule has 0 bridgehead atoms. The van der Waals surface area contributed by atoms with Gasteiger partial charge in [-0.05, 0) is 78.0 Å². The monoisotopic (exact) mass is 611 g/mol. The van der Waals surface area contributed by atoms with E-state index in [1.54, 1.807) is 0 Å². The first-order chi connectivity index (χ1) is 22.3. The Morgan fingerprint density at radius 3 is 0.956 bits per heavy atom. The van der Waals surface area contributed by atoms with Crippen LogP contribution in [-0.2, 0) is 0 Å². The Morgan fingerprint density at radius 1 is 0.289 bits per heavy atom. The molecule has 45 heavy (non-hydrogen) atoms. The van der Waals surface area contributed by atoms with Crippen molar-refractivity contribution in [2.75, 3.05) is 0 Å². The quantitative estimate of drug-likeness (QED) is 0.160.